The molecule has 0 saturated carbocycles. The van der Waals surface area contributed by atoms with Crippen molar-refractivity contribution in [2.75, 3.05) is 27.3 Å². The molecule has 3 rings (SSSR count). The predicted molar refractivity (Wildman–Crippen MR) is 120 cm³/mol. The molecule has 1 aliphatic heterocycles. The summed E-state index contributed by atoms with van der Waals surface area (Å²) in [4.78, 5) is 27.8. The van der Waals surface area contributed by atoms with Crippen molar-refractivity contribution in [1.82, 2.24) is 10.2 Å². The fourth-order valence-corrected chi connectivity index (χ4v) is 4.12. The summed E-state index contributed by atoms with van der Waals surface area (Å²) in [5, 5.41) is 2.96. The summed E-state index contributed by atoms with van der Waals surface area (Å²) in [6.07, 6.45) is 0.436. The van der Waals surface area contributed by atoms with Crippen molar-refractivity contribution in [3.8, 4) is 11.5 Å². The van der Waals surface area contributed by atoms with Gasteiger partial charge >= 0.3 is 0 Å². The molecule has 2 aromatic rings. The van der Waals surface area contributed by atoms with Crippen LogP contribution in [0.5, 0.6) is 11.5 Å². The Hall–Kier alpha value is -3.09. The van der Waals surface area contributed by atoms with Crippen LogP contribution >= 0.6 is 0 Å². The molecule has 0 aromatic heterocycles. The lowest BCUT2D eigenvalue weighted by atomic mass is 9.87. The highest BCUT2D eigenvalue weighted by atomic mass is 19.1. The molecule has 2 amide bonds. The van der Waals surface area contributed by atoms with E-state index < -0.39 is 5.92 Å². The number of ether oxygens (including phenoxy) is 2. The molecule has 2 unspecified atom stereocenters. The average Bonchev–Trinajstić information content (AvgIpc) is 3.23. The lowest BCUT2D eigenvalue weighted by molar-refractivity contribution is -0.131. The van der Waals surface area contributed by atoms with Gasteiger partial charge in [-0.2, -0.15) is 0 Å². The van der Waals surface area contributed by atoms with Gasteiger partial charge in [0.1, 0.15) is 17.3 Å². The molecule has 0 aliphatic carbocycles. The first-order valence-corrected chi connectivity index (χ1v) is 10.8. The standard InChI is InChI=1S/C25H31FN2O4/c1-16(2)11-24(29)28-14-21(20-12-19(31-3)9-10-23(20)32-4)22(15-28)25(30)27-13-17-5-7-18(26)8-6-17/h5-10,12,16,21-22H,11,13-15H2,1-4H3,(H,27,30). The molecular formula is C25H31FN2O4. The maximum Gasteiger partial charge on any atom is 0.225 e. The number of nitrogens with one attached hydrogen (secondary N) is 1. The number of benzene rings is 2. The molecule has 6 nitrogen and oxygen atoms in total. The monoisotopic (exact) mass is 442 g/mol. The van der Waals surface area contributed by atoms with Crippen LogP contribution in [0.4, 0.5) is 4.39 Å². The Bertz CT molecular complexity index is 945. The van der Waals surface area contributed by atoms with Crippen LogP contribution in [-0.4, -0.2) is 44.0 Å². The van der Waals surface area contributed by atoms with Crippen LogP contribution in [0.15, 0.2) is 42.5 Å². The van der Waals surface area contributed by atoms with Crippen molar-refractivity contribution in [3.63, 3.8) is 0 Å². The Balaban J connectivity index is 1.85. The fourth-order valence-electron chi connectivity index (χ4n) is 4.12. The quantitative estimate of drug-likeness (QED) is 0.676. The average molecular weight is 443 g/mol. The van der Waals surface area contributed by atoms with Crippen LogP contribution in [0.1, 0.15) is 37.3 Å². The Kier molecular flexibility index (Phi) is 7.72. The van der Waals surface area contributed by atoms with E-state index in [0.717, 1.165) is 11.1 Å². The molecule has 0 bridgehead atoms. The van der Waals surface area contributed by atoms with Crippen LogP contribution in [0.25, 0.3) is 0 Å². The number of carbonyl (C=O) groups excluding carboxylic acids is 2. The number of hydrogen-bond donors (Lipinski definition) is 1. The van der Waals surface area contributed by atoms with Crippen LogP contribution in [0.2, 0.25) is 0 Å². The van der Waals surface area contributed by atoms with Crippen molar-refractivity contribution < 1.29 is 23.5 Å². The summed E-state index contributed by atoms with van der Waals surface area (Å²) in [7, 11) is 3.18. The van der Waals surface area contributed by atoms with Crippen LogP contribution < -0.4 is 14.8 Å². The first kappa shape index (κ1) is 23.6. The second-order valence-corrected chi connectivity index (χ2v) is 8.56. The van der Waals surface area contributed by atoms with E-state index in [4.69, 9.17) is 9.47 Å². The van der Waals surface area contributed by atoms with Crippen LogP contribution in [-0.2, 0) is 16.1 Å². The maximum atomic E-state index is 13.2. The highest BCUT2D eigenvalue weighted by Gasteiger charge is 2.41. The lowest BCUT2D eigenvalue weighted by Crippen LogP contribution is -2.35. The minimum absolute atomic E-state index is 0.0423. The van der Waals surface area contributed by atoms with E-state index in [-0.39, 0.29) is 36.0 Å². The third-order valence-corrected chi connectivity index (χ3v) is 5.81. The molecule has 0 spiro atoms. The summed E-state index contributed by atoms with van der Waals surface area (Å²) < 4.78 is 24.1. The Labute approximate surface area is 188 Å². The second kappa shape index (κ2) is 10.5. The smallest absolute Gasteiger partial charge is 0.225 e. The topological polar surface area (TPSA) is 67.9 Å². The van der Waals surface area contributed by atoms with E-state index in [9.17, 15) is 14.0 Å². The third-order valence-electron chi connectivity index (χ3n) is 5.81. The van der Waals surface area contributed by atoms with Crippen molar-refractivity contribution in [3.05, 3.63) is 59.4 Å². The normalized spacial score (nSPS) is 18.0. The zero-order chi connectivity index (χ0) is 23.3. The molecule has 1 aliphatic rings. The number of carbonyl (C=O) groups is 2. The highest BCUT2D eigenvalue weighted by molar-refractivity contribution is 5.83. The van der Waals surface area contributed by atoms with Crippen molar-refractivity contribution in [1.29, 1.82) is 0 Å². The molecule has 7 heteroatoms. The molecule has 0 radical (unpaired) electrons. The van der Waals surface area contributed by atoms with Gasteiger partial charge in [0.2, 0.25) is 11.8 Å². The molecular weight excluding hydrogens is 411 g/mol. The summed E-state index contributed by atoms with van der Waals surface area (Å²) in [6, 6.07) is 11.5. The Morgan fingerprint density at radius 3 is 2.44 bits per heavy atom. The van der Waals surface area contributed by atoms with Gasteiger partial charge in [0.25, 0.3) is 0 Å². The highest BCUT2D eigenvalue weighted by Crippen LogP contribution is 2.40. The number of nitrogens with zero attached hydrogens (tertiary/aromatic N) is 1. The van der Waals surface area contributed by atoms with Crippen molar-refractivity contribution >= 4 is 11.8 Å². The summed E-state index contributed by atoms with van der Waals surface area (Å²) in [6.45, 7) is 5.07. The lowest BCUT2D eigenvalue weighted by Gasteiger charge is -2.21. The van der Waals surface area contributed by atoms with E-state index in [1.165, 1.54) is 12.1 Å². The van der Waals surface area contributed by atoms with E-state index >= 15 is 0 Å². The number of hydrogen-bond acceptors (Lipinski definition) is 4. The number of amides is 2. The molecule has 1 heterocycles. The fraction of sp³-hybridized carbons (Fsp3) is 0.440. The zero-order valence-corrected chi connectivity index (χ0v) is 19.1. The number of rotatable bonds is 8. The molecule has 32 heavy (non-hydrogen) atoms. The molecule has 1 fully saturated rings. The van der Waals surface area contributed by atoms with Crippen LogP contribution in [0.3, 0.4) is 0 Å². The van der Waals surface area contributed by atoms with Gasteiger partial charge in [-0.05, 0) is 41.8 Å². The van der Waals surface area contributed by atoms with Crippen molar-refractivity contribution in [2.45, 2.75) is 32.7 Å². The van der Waals surface area contributed by atoms with Gasteiger partial charge in [-0.3, -0.25) is 9.59 Å². The van der Waals surface area contributed by atoms with Gasteiger partial charge in [-0.1, -0.05) is 26.0 Å². The molecule has 1 N–H and O–H groups in total. The predicted octanol–water partition coefficient (Wildman–Crippen LogP) is 3.75. The SMILES string of the molecule is COc1ccc(OC)c(C2CN(C(=O)CC(C)C)CC2C(=O)NCc2ccc(F)cc2)c1. The Morgan fingerprint density at radius 2 is 1.81 bits per heavy atom. The molecule has 1 saturated heterocycles. The van der Waals surface area contributed by atoms with Gasteiger partial charge in [0.15, 0.2) is 0 Å². The first-order valence-electron chi connectivity index (χ1n) is 10.8. The largest absolute Gasteiger partial charge is 0.497 e. The Morgan fingerprint density at radius 1 is 1.09 bits per heavy atom. The third kappa shape index (κ3) is 5.58. The zero-order valence-electron chi connectivity index (χ0n) is 19.1. The van der Waals surface area contributed by atoms with Crippen LogP contribution in [0, 0.1) is 17.7 Å². The van der Waals surface area contributed by atoms with Gasteiger partial charge in [0, 0.05) is 37.5 Å². The van der Waals surface area contributed by atoms with Gasteiger partial charge in [-0.25, -0.2) is 4.39 Å². The number of methoxy groups -OCH3 is 2. The van der Waals surface area contributed by atoms with Gasteiger partial charge in [-0.15, -0.1) is 0 Å². The van der Waals surface area contributed by atoms with Gasteiger partial charge in [0.05, 0.1) is 20.1 Å². The second-order valence-electron chi connectivity index (χ2n) is 8.56. The maximum absolute atomic E-state index is 13.2. The summed E-state index contributed by atoms with van der Waals surface area (Å²) in [5.41, 5.74) is 1.65. The van der Waals surface area contributed by atoms with E-state index in [0.29, 0.717) is 31.0 Å². The minimum atomic E-state index is -0.437. The van der Waals surface area contributed by atoms with E-state index in [1.54, 1.807) is 31.3 Å². The van der Waals surface area contributed by atoms with E-state index in [2.05, 4.69) is 5.32 Å². The molecule has 2 aromatic carbocycles. The number of halogens is 1. The minimum Gasteiger partial charge on any atom is -0.497 e. The summed E-state index contributed by atoms with van der Waals surface area (Å²) in [5.74, 6) is 0.462. The number of likely N-dealkylation sites (tertiary alicyclic amines) is 1. The van der Waals surface area contributed by atoms with Gasteiger partial charge < -0.3 is 19.7 Å². The summed E-state index contributed by atoms with van der Waals surface area (Å²) >= 11 is 0. The van der Waals surface area contributed by atoms with E-state index in [1.807, 2.05) is 32.0 Å². The van der Waals surface area contributed by atoms with Crippen molar-refractivity contribution in [2.24, 2.45) is 11.8 Å². The molecule has 172 valence electrons. The molecule has 2 atom stereocenters. The first-order chi connectivity index (χ1) is 15.3.